The van der Waals surface area contributed by atoms with Gasteiger partial charge < -0.3 is 10.4 Å². The van der Waals surface area contributed by atoms with Crippen molar-refractivity contribution in [2.45, 2.75) is 0 Å². The van der Waals surface area contributed by atoms with Crippen LogP contribution in [0.4, 0.5) is 11.6 Å². The summed E-state index contributed by atoms with van der Waals surface area (Å²) in [6, 6.07) is 16.9. The molecule has 2 aromatic heterocycles. The van der Waals surface area contributed by atoms with Crippen molar-refractivity contribution in [2.75, 3.05) is 5.32 Å². The van der Waals surface area contributed by atoms with Gasteiger partial charge in [0.2, 0.25) is 5.95 Å². The number of anilines is 2. The van der Waals surface area contributed by atoms with Crippen LogP contribution in [0.3, 0.4) is 0 Å². The summed E-state index contributed by atoms with van der Waals surface area (Å²) in [5.74, 6) is 0.760. The van der Waals surface area contributed by atoms with Crippen molar-refractivity contribution in [1.82, 2.24) is 15.0 Å². The van der Waals surface area contributed by atoms with Gasteiger partial charge in [0.05, 0.1) is 0 Å². The molecule has 0 saturated carbocycles. The predicted molar refractivity (Wildman–Crippen MR) is 100.0 cm³/mol. The summed E-state index contributed by atoms with van der Waals surface area (Å²) in [7, 11) is 0. The molecule has 0 spiro atoms. The van der Waals surface area contributed by atoms with Crippen LogP contribution in [0.25, 0.3) is 21.8 Å². The number of aromatic hydroxyl groups is 1. The molecule has 0 amide bonds. The van der Waals surface area contributed by atoms with Gasteiger partial charge in [0.25, 0.3) is 0 Å². The minimum absolute atomic E-state index is 0.246. The highest BCUT2D eigenvalue weighted by Gasteiger charge is 2.06. The molecule has 2 aromatic carbocycles. The topological polar surface area (TPSA) is 70.9 Å². The second-order valence-corrected chi connectivity index (χ2v) is 6.25. The van der Waals surface area contributed by atoms with Gasteiger partial charge in [0, 0.05) is 23.5 Å². The fraction of sp³-hybridized carbons (Fsp3) is 0. The number of phenolic OH excluding ortho intramolecular Hbond substituents is 1. The molecule has 122 valence electrons. The molecule has 2 heterocycles. The molecule has 5 nitrogen and oxygen atoms in total. The van der Waals surface area contributed by atoms with Crippen molar-refractivity contribution in [3.63, 3.8) is 0 Å². The van der Waals surface area contributed by atoms with Gasteiger partial charge >= 0.3 is 0 Å². The first kappa shape index (κ1) is 15.3. The number of thiazole rings is 1. The lowest BCUT2D eigenvalue weighted by Gasteiger charge is -2.08. The normalized spacial score (nSPS) is 10.6. The van der Waals surface area contributed by atoms with E-state index in [1.807, 2.05) is 47.8 Å². The summed E-state index contributed by atoms with van der Waals surface area (Å²) in [5, 5.41) is 15.7. The van der Waals surface area contributed by atoms with E-state index in [1.165, 1.54) is 11.3 Å². The van der Waals surface area contributed by atoms with Crippen molar-refractivity contribution in [1.29, 1.82) is 0 Å². The highest BCUT2D eigenvalue weighted by molar-refractivity contribution is 7.13. The van der Waals surface area contributed by atoms with Crippen molar-refractivity contribution in [3.8, 4) is 27.6 Å². The summed E-state index contributed by atoms with van der Waals surface area (Å²) in [6.07, 6.45) is 3.47. The van der Waals surface area contributed by atoms with E-state index in [1.54, 1.807) is 24.5 Å². The Morgan fingerprint density at radius 1 is 0.880 bits per heavy atom. The lowest BCUT2D eigenvalue weighted by Crippen LogP contribution is -1.97. The maximum Gasteiger partial charge on any atom is 0.227 e. The molecule has 2 N–H and O–H groups in total. The Morgan fingerprint density at radius 2 is 1.72 bits per heavy atom. The number of benzene rings is 2. The van der Waals surface area contributed by atoms with E-state index < -0.39 is 0 Å². The van der Waals surface area contributed by atoms with Crippen LogP contribution in [-0.2, 0) is 0 Å². The molecule has 4 rings (SSSR count). The zero-order valence-electron chi connectivity index (χ0n) is 13.1. The first-order valence-corrected chi connectivity index (χ1v) is 8.55. The van der Waals surface area contributed by atoms with Gasteiger partial charge in [0.15, 0.2) is 0 Å². The van der Waals surface area contributed by atoms with Gasteiger partial charge in [-0.2, -0.15) is 0 Å². The molecule has 25 heavy (non-hydrogen) atoms. The summed E-state index contributed by atoms with van der Waals surface area (Å²) in [5.41, 5.74) is 3.60. The van der Waals surface area contributed by atoms with E-state index >= 15 is 0 Å². The first-order chi connectivity index (χ1) is 12.3. The summed E-state index contributed by atoms with van der Waals surface area (Å²) in [6.45, 7) is 0. The number of phenols is 1. The highest BCUT2D eigenvalue weighted by atomic mass is 32.1. The van der Waals surface area contributed by atoms with E-state index in [2.05, 4.69) is 20.3 Å². The van der Waals surface area contributed by atoms with Crippen molar-refractivity contribution < 1.29 is 5.11 Å². The van der Waals surface area contributed by atoms with Gasteiger partial charge in [-0.1, -0.05) is 24.3 Å². The monoisotopic (exact) mass is 346 g/mol. The van der Waals surface area contributed by atoms with Crippen LogP contribution >= 0.6 is 11.3 Å². The standard InChI is InChI=1S/C19H14N4OS/c24-16-6-2-4-14(12-16)13-3-1-5-15(11-13)22-19-21-8-7-17(23-19)18-20-9-10-25-18/h1-12,24H,(H,21,22,23). The SMILES string of the molecule is Oc1cccc(-c2cccc(Nc3nccc(-c4nccs4)n3)c2)c1. The summed E-state index contributed by atoms with van der Waals surface area (Å²) < 4.78 is 0. The van der Waals surface area contributed by atoms with Gasteiger partial charge in [0.1, 0.15) is 16.5 Å². The molecule has 0 aliphatic heterocycles. The number of aromatic nitrogens is 3. The third-order valence-electron chi connectivity index (χ3n) is 3.61. The number of hydrogen-bond donors (Lipinski definition) is 2. The average Bonchev–Trinajstić information content (AvgIpc) is 3.17. The summed E-state index contributed by atoms with van der Waals surface area (Å²) >= 11 is 1.54. The highest BCUT2D eigenvalue weighted by Crippen LogP contribution is 2.27. The predicted octanol–water partition coefficient (Wildman–Crippen LogP) is 4.72. The molecule has 0 fully saturated rings. The quantitative estimate of drug-likeness (QED) is 0.560. The number of nitrogens with one attached hydrogen (secondary N) is 1. The van der Waals surface area contributed by atoms with Crippen LogP contribution in [0.15, 0.2) is 72.4 Å². The fourth-order valence-electron chi connectivity index (χ4n) is 2.48. The third-order valence-corrected chi connectivity index (χ3v) is 4.40. The van der Waals surface area contributed by atoms with Gasteiger partial charge in [-0.15, -0.1) is 11.3 Å². The maximum absolute atomic E-state index is 9.66. The molecular weight excluding hydrogens is 332 g/mol. The molecule has 0 saturated heterocycles. The molecule has 0 atom stereocenters. The zero-order valence-corrected chi connectivity index (χ0v) is 13.9. The second kappa shape index (κ2) is 6.70. The van der Waals surface area contributed by atoms with E-state index in [-0.39, 0.29) is 5.75 Å². The van der Waals surface area contributed by atoms with Crippen molar-refractivity contribution in [2.24, 2.45) is 0 Å². The second-order valence-electron chi connectivity index (χ2n) is 5.36. The Labute approximate surface area is 148 Å². The van der Waals surface area contributed by atoms with E-state index in [0.29, 0.717) is 5.95 Å². The Hall–Kier alpha value is -3.25. The lowest BCUT2D eigenvalue weighted by atomic mass is 10.0. The van der Waals surface area contributed by atoms with Gasteiger partial charge in [-0.3, -0.25) is 0 Å². The van der Waals surface area contributed by atoms with E-state index in [0.717, 1.165) is 27.5 Å². The van der Waals surface area contributed by atoms with Crippen LogP contribution in [0.5, 0.6) is 5.75 Å². The number of nitrogens with zero attached hydrogens (tertiary/aromatic N) is 3. The van der Waals surface area contributed by atoms with E-state index in [4.69, 9.17) is 0 Å². The molecule has 0 bridgehead atoms. The minimum Gasteiger partial charge on any atom is -0.508 e. The molecular formula is C19H14N4OS. The van der Waals surface area contributed by atoms with Crippen LogP contribution in [0.1, 0.15) is 0 Å². The smallest absolute Gasteiger partial charge is 0.227 e. The number of rotatable bonds is 4. The number of hydrogen-bond acceptors (Lipinski definition) is 6. The Balaban J connectivity index is 1.61. The molecule has 0 unspecified atom stereocenters. The first-order valence-electron chi connectivity index (χ1n) is 7.67. The van der Waals surface area contributed by atoms with Crippen molar-refractivity contribution in [3.05, 3.63) is 72.4 Å². The van der Waals surface area contributed by atoms with Crippen LogP contribution in [-0.4, -0.2) is 20.1 Å². The average molecular weight is 346 g/mol. The molecule has 6 heteroatoms. The van der Waals surface area contributed by atoms with Gasteiger partial charge in [-0.25, -0.2) is 15.0 Å². The molecule has 0 aliphatic rings. The largest absolute Gasteiger partial charge is 0.508 e. The molecule has 0 radical (unpaired) electrons. The molecule has 0 aliphatic carbocycles. The Kier molecular flexibility index (Phi) is 4.10. The minimum atomic E-state index is 0.246. The van der Waals surface area contributed by atoms with Crippen LogP contribution < -0.4 is 5.32 Å². The van der Waals surface area contributed by atoms with Crippen molar-refractivity contribution >= 4 is 23.0 Å². The zero-order chi connectivity index (χ0) is 17.1. The Morgan fingerprint density at radius 3 is 2.52 bits per heavy atom. The van der Waals surface area contributed by atoms with E-state index in [9.17, 15) is 5.11 Å². The van der Waals surface area contributed by atoms with Crippen LogP contribution in [0.2, 0.25) is 0 Å². The lowest BCUT2D eigenvalue weighted by molar-refractivity contribution is 0.475. The fourth-order valence-corrected chi connectivity index (χ4v) is 3.09. The maximum atomic E-state index is 9.66. The Bertz CT molecular complexity index is 1000. The van der Waals surface area contributed by atoms with Crippen LogP contribution in [0, 0.1) is 0 Å². The molecule has 4 aromatic rings. The van der Waals surface area contributed by atoms with Gasteiger partial charge in [-0.05, 0) is 41.5 Å². The third kappa shape index (κ3) is 3.49. The summed E-state index contributed by atoms with van der Waals surface area (Å²) in [4.78, 5) is 13.1.